The lowest BCUT2D eigenvalue weighted by Crippen LogP contribution is -2.59. The van der Waals surface area contributed by atoms with E-state index >= 15 is 0 Å². The van der Waals surface area contributed by atoms with Gasteiger partial charge in [-0.25, -0.2) is 4.79 Å². The third-order valence-corrected chi connectivity index (χ3v) is 4.86. The fraction of sp³-hybridized carbons (Fsp3) is 0.545. The Morgan fingerprint density at radius 1 is 1.13 bits per heavy atom. The van der Waals surface area contributed by atoms with E-state index in [2.05, 4.69) is 10.6 Å². The number of likely N-dealkylation sites (tertiary alicyclic amines) is 1. The van der Waals surface area contributed by atoms with Gasteiger partial charge in [0.15, 0.2) is 0 Å². The average molecular weight is 434 g/mol. The van der Waals surface area contributed by atoms with Gasteiger partial charge in [0.1, 0.15) is 11.1 Å². The fourth-order valence-electron chi connectivity index (χ4n) is 3.37. The van der Waals surface area contributed by atoms with Gasteiger partial charge in [-0.15, -0.1) is 0 Å². The summed E-state index contributed by atoms with van der Waals surface area (Å²) in [7, 11) is 0. The number of carbonyl (C=O) groups is 4. The fourth-order valence-corrected chi connectivity index (χ4v) is 3.37. The van der Waals surface area contributed by atoms with Crippen LogP contribution in [0.25, 0.3) is 0 Å². The molecule has 1 fully saturated rings. The number of rotatable bonds is 7. The standard InChI is InChI=1S/C22H31N3O6/c1-21(2,3)31-20(30)24-22(4,5)19(29)23-15-11-17(26)25(16(15)12-18(27)28)13-14-9-7-6-8-10-14/h6-10,15-16H,11-13H2,1-5H3,(H,23,29)(H,24,30)(H,27,28)/t15-,16+/m0/s1. The van der Waals surface area contributed by atoms with Crippen LogP contribution in [-0.4, -0.2) is 57.1 Å². The molecule has 0 unspecified atom stereocenters. The number of ether oxygens (including phenoxy) is 1. The van der Waals surface area contributed by atoms with Crippen molar-refractivity contribution in [1.29, 1.82) is 0 Å². The molecule has 9 nitrogen and oxygen atoms in total. The van der Waals surface area contributed by atoms with E-state index in [0.29, 0.717) is 0 Å². The van der Waals surface area contributed by atoms with Crippen LogP contribution in [0.1, 0.15) is 53.0 Å². The lowest BCUT2D eigenvalue weighted by Gasteiger charge is -2.31. The molecule has 1 aliphatic heterocycles. The topological polar surface area (TPSA) is 125 Å². The van der Waals surface area contributed by atoms with Crippen LogP contribution in [0.15, 0.2) is 30.3 Å². The highest BCUT2D eigenvalue weighted by Crippen LogP contribution is 2.25. The van der Waals surface area contributed by atoms with Crippen molar-refractivity contribution in [1.82, 2.24) is 15.5 Å². The van der Waals surface area contributed by atoms with E-state index in [1.165, 1.54) is 18.7 Å². The average Bonchev–Trinajstić information content (AvgIpc) is 2.88. The second-order valence-corrected chi connectivity index (χ2v) is 9.21. The van der Waals surface area contributed by atoms with Gasteiger partial charge in [-0.3, -0.25) is 14.4 Å². The zero-order chi connectivity index (χ0) is 23.4. The van der Waals surface area contributed by atoms with Crippen molar-refractivity contribution in [3.05, 3.63) is 35.9 Å². The van der Waals surface area contributed by atoms with Crippen LogP contribution >= 0.6 is 0 Å². The van der Waals surface area contributed by atoms with E-state index in [4.69, 9.17) is 4.74 Å². The van der Waals surface area contributed by atoms with Crippen molar-refractivity contribution in [2.75, 3.05) is 0 Å². The number of carboxylic acid groups (broad SMARTS) is 1. The Balaban J connectivity index is 2.12. The summed E-state index contributed by atoms with van der Waals surface area (Å²) in [5.41, 5.74) is -1.18. The first-order valence-corrected chi connectivity index (χ1v) is 10.2. The first-order valence-electron chi connectivity index (χ1n) is 10.2. The van der Waals surface area contributed by atoms with Crippen LogP contribution < -0.4 is 10.6 Å². The van der Waals surface area contributed by atoms with Crippen molar-refractivity contribution >= 4 is 23.9 Å². The summed E-state index contributed by atoms with van der Waals surface area (Å²) in [4.78, 5) is 50.5. The maximum atomic E-state index is 12.9. The molecule has 0 bridgehead atoms. The zero-order valence-electron chi connectivity index (χ0n) is 18.6. The lowest BCUT2D eigenvalue weighted by atomic mass is 10.0. The molecule has 9 heteroatoms. The van der Waals surface area contributed by atoms with Crippen LogP contribution in [0.5, 0.6) is 0 Å². The molecule has 1 heterocycles. The Kier molecular flexibility index (Phi) is 7.30. The maximum Gasteiger partial charge on any atom is 0.408 e. The molecule has 0 aliphatic carbocycles. The van der Waals surface area contributed by atoms with Gasteiger partial charge in [-0.2, -0.15) is 0 Å². The van der Waals surface area contributed by atoms with Crippen molar-refractivity contribution in [3.8, 4) is 0 Å². The molecule has 2 atom stereocenters. The predicted octanol–water partition coefficient (Wildman–Crippen LogP) is 2.05. The van der Waals surface area contributed by atoms with Crippen molar-refractivity contribution < 1.29 is 29.0 Å². The van der Waals surface area contributed by atoms with Gasteiger partial charge in [0, 0.05) is 13.0 Å². The molecular formula is C22H31N3O6. The number of alkyl carbamates (subject to hydrolysis) is 1. The van der Waals surface area contributed by atoms with Gasteiger partial charge < -0.3 is 25.4 Å². The lowest BCUT2D eigenvalue weighted by molar-refractivity contribution is -0.139. The number of hydrogen-bond donors (Lipinski definition) is 3. The summed E-state index contributed by atoms with van der Waals surface area (Å²) < 4.78 is 5.20. The van der Waals surface area contributed by atoms with Gasteiger partial charge in [0.2, 0.25) is 11.8 Å². The summed E-state index contributed by atoms with van der Waals surface area (Å²) in [6, 6.07) is 7.84. The van der Waals surface area contributed by atoms with Crippen molar-refractivity contribution in [2.24, 2.45) is 0 Å². The molecule has 0 aromatic heterocycles. The molecular weight excluding hydrogens is 402 g/mol. The third-order valence-electron chi connectivity index (χ3n) is 4.86. The molecule has 0 spiro atoms. The van der Waals surface area contributed by atoms with Crippen LogP contribution in [0.4, 0.5) is 4.79 Å². The summed E-state index contributed by atoms with van der Waals surface area (Å²) in [6.45, 7) is 8.41. The Labute approximate surface area is 182 Å². The van der Waals surface area contributed by atoms with Gasteiger partial charge in [0.05, 0.1) is 18.5 Å². The van der Waals surface area contributed by atoms with Crippen LogP contribution in [-0.2, 0) is 25.7 Å². The maximum absolute atomic E-state index is 12.9. The van der Waals surface area contributed by atoms with Crippen LogP contribution in [0.2, 0.25) is 0 Å². The molecule has 0 radical (unpaired) electrons. The number of aliphatic carboxylic acids is 1. The second kappa shape index (κ2) is 9.36. The predicted molar refractivity (Wildman–Crippen MR) is 113 cm³/mol. The molecule has 1 aliphatic rings. The minimum absolute atomic E-state index is 0.0148. The number of nitrogens with zero attached hydrogens (tertiary/aromatic N) is 1. The Morgan fingerprint density at radius 2 is 1.74 bits per heavy atom. The summed E-state index contributed by atoms with van der Waals surface area (Å²) in [5, 5.41) is 14.6. The zero-order valence-corrected chi connectivity index (χ0v) is 18.6. The third kappa shape index (κ3) is 6.97. The SMILES string of the molecule is CC(C)(C)OC(=O)NC(C)(C)C(=O)N[C@H]1CC(=O)N(Cc2ccccc2)[C@@H]1CC(=O)O. The molecule has 1 aromatic rings. The highest BCUT2D eigenvalue weighted by atomic mass is 16.6. The Hall–Kier alpha value is -3.10. The Morgan fingerprint density at radius 3 is 2.29 bits per heavy atom. The van der Waals surface area contributed by atoms with Gasteiger partial charge in [-0.05, 0) is 40.2 Å². The molecule has 1 saturated heterocycles. The van der Waals surface area contributed by atoms with E-state index in [9.17, 15) is 24.3 Å². The number of nitrogens with one attached hydrogen (secondary N) is 2. The first-order chi connectivity index (χ1) is 14.3. The number of carbonyl (C=O) groups excluding carboxylic acids is 3. The largest absolute Gasteiger partial charge is 0.481 e. The van der Waals surface area contributed by atoms with Crippen LogP contribution in [0.3, 0.4) is 0 Å². The van der Waals surface area contributed by atoms with Crippen molar-refractivity contribution in [2.45, 2.75) is 77.2 Å². The monoisotopic (exact) mass is 433 g/mol. The van der Waals surface area contributed by atoms with E-state index in [-0.39, 0.29) is 25.3 Å². The molecule has 170 valence electrons. The number of carboxylic acids is 1. The minimum atomic E-state index is -1.33. The van der Waals surface area contributed by atoms with Gasteiger partial charge >= 0.3 is 12.1 Å². The highest BCUT2D eigenvalue weighted by molar-refractivity contribution is 5.90. The Bertz CT molecular complexity index is 831. The number of benzene rings is 1. The minimum Gasteiger partial charge on any atom is -0.481 e. The molecule has 3 N–H and O–H groups in total. The quantitative estimate of drug-likeness (QED) is 0.604. The first kappa shape index (κ1) is 24.2. The van der Waals surface area contributed by atoms with E-state index in [1.807, 2.05) is 30.3 Å². The normalized spacial score (nSPS) is 19.1. The summed E-state index contributed by atoms with van der Waals surface area (Å²) in [6.07, 6.45) is -1.06. The van der Waals surface area contributed by atoms with Crippen molar-refractivity contribution in [3.63, 3.8) is 0 Å². The molecule has 1 aromatic carbocycles. The van der Waals surface area contributed by atoms with Gasteiger partial charge in [0.25, 0.3) is 0 Å². The molecule has 31 heavy (non-hydrogen) atoms. The summed E-state index contributed by atoms with van der Waals surface area (Å²) in [5.74, 6) is -1.84. The molecule has 0 saturated carbocycles. The van der Waals surface area contributed by atoms with E-state index < -0.39 is 41.2 Å². The highest BCUT2D eigenvalue weighted by Gasteiger charge is 2.43. The number of hydrogen-bond acceptors (Lipinski definition) is 5. The molecule has 3 amide bonds. The smallest absolute Gasteiger partial charge is 0.408 e. The summed E-state index contributed by atoms with van der Waals surface area (Å²) >= 11 is 0. The van der Waals surface area contributed by atoms with Crippen LogP contribution in [0, 0.1) is 0 Å². The van der Waals surface area contributed by atoms with E-state index in [1.54, 1.807) is 20.8 Å². The second-order valence-electron chi connectivity index (χ2n) is 9.21. The van der Waals surface area contributed by atoms with Gasteiger partial charge in [-0.1, -0.05) is 30.3 Å². The number of amides is 3. The molecule has 2 rings (SSSR count). The van der Waals surface area contributed by atoms with E-state index in [0.717, 1.165) is 5.56 Å².